The van der Waals surface area contributed by atoms with Gasteiger partial charge in [0.25, 0.3) is 15.0 Å². The molecule has 1 heterocycles. The van der Waals surface area contributed by atoms with Gasteiger partial charge in [-0.15, -0.1) is 0 Å². The van der Waals surface area contributed by atoms with Crippen molar-refractivity contribution >= 4 is 25.6 Å². The van der Waals surface area contributed by atoms with E-state index < -0.39 is 9.05 Å². The monoisotopic (exact) mass is 318 g/mol. The first-order valence-corrected chi connectivity index (χ1v) is 9.19. The molecular weight excluding hydrogens is 300 g/mol. The molecule has 0 radical (unpaired) electrons. The lowest BCUT2D eigenvalue weighted by Crippen LogP contribution is -2.26. The number of carbonyl (C=O) groups excluding carboxylic acids is 1. The second-order valence-corrected chi connectivity index (χ2v) is 7.67. The van der Waals surface area contributed by atoms with Crippen molar-refractivity contribution in [3.63, 3.8) is 0 Å². The molecule has 1 fully saturated rings. The molecule has 1 aliphatic rings. The van der Waals surface area contributed by atoms with E-state index in [1.807, 2.05) is 0 Å². The standard InChI is InChI=1S/C13H19ClN2O3S/c1-2-3-4-7-15-13(17)12-8-11(20(14,18)19)9-16(12)10-5-6-10/h8-10H,2-7H2,1H3,(H,15,17). The topological polar surface area (TPSA) is 68.2 Å². The van der Waals surface area contributed by atoms with E-state index in [1.165, 1.54) is 12.3 Å². The molecule has 2 rings (SSSR count). The maximum Gasteiger partial charge on any atom is 0.267 e. The average molecular weight is 319 g/mol. The molecule has 0 bridgehead atoms. The summed E-state index contributed by atoms with van der Waals surface area (Å²) in [5.74, 6) is -0.237. The molecule has 0 aromatic carbocycles. The summed E-state index contributed by atoms with van der Waals surface area (Å²) in [7, 11) is 1.54. The number of carbonyl (C=O) groups is 1. The molecule has 0 aliphatic heterocycles. The highest BCUT2D eigenvalue weighted by Gasteiger charge is 2.29. The zero-order chi connectivity index (χ0) is 14.8. The molecular formula is C13H19ClN2O3S. The van der Waals surface area contributed by atoms with E-state index in [9.17, 15) is 13.2 Å². The molecule has 5 nitrogen and oxygen atoms in total. The quantitative estimate of drug-likeness (QED) is 0.621. The number of nitrogens with one attached hydrogen (secondary N) is 1. The van der Waals surface area contributed by atoms with E-state index in [0.717, 1.165) is 32.1 Å². The number of hydrogen-bond donors (Lipinski definition) is 1. The Morgan fingerprint density at radius 3 is 2.70 bits per heavy atom. The molecule has 112 valence electrons. The largest absolute Gasteiger partial charge is 0.351 e. The Morgan fingerprint density at radius 2 is 2.15 bits per heavy atom. The first-order chi connectivity index (χ1) is 9.43. The van der Waals surface area contributed by atoms with Crippen molar-refractivity contribution in [3.8, 4) is 0 Å². The fourth-order valence-electron chi connectivity index (χ4n) is 2.09. The lowest BCUT2D eigenvalue weighted by Gasteiger charge is -2.08. The minimum atomic E-state index is -3.80. The Morgan fingerprint density at radius 1 is 1.45 bits per heavy atom. The summed E-state index contributed by atoms with van der Waals surface area (Å²) >= 11 is 0. The SMILES string of the molecule is CCCCCNC(=O)c1cc(S(=O)(=O)Cl)cn1C1CC1. The fraction of sp³-hybridized carbons (Fsp3) is 0.615. The van der Waals surface area contributed by atoms with Crippen molar-refractivity contribution in [1.82, 2.24) is 9.88 Å². The second kappa shape index (κ2) is 6.18. The number of nitrogens with zero attached hydrogens (tertiary/aromatic N) is 1. The van der Waals surface area contributed by atoms with Crippen molar-refractivity contribution in [2.45, 2.75) is 50.0 Å². The van der Waals surface area contributed by atoms with Crippen molar-refractivity contribution < 1.29 is 13.2 Å². The molecule has 1 saturated carbocycles. The van der Waals surface area contributed by atoms with Crippen LogP contribution >= 0.6 is 10.7 Å². The number of aromatic nitrogens is 1. The first kappa shape index (κ1) is 15.4. The van der Waals surface area contributed by atoms with E-state index in [0.29, 0.717) is 12.2 Å². The normalized spacial score (nSPS) is 15.3. The minimum absolute atomic E-state index is 0.00947. The van der Waals surface area contributed by atoms with Crippen LogP contribution in [0.5, 0.6) is 0 Å². The van der Waals surface area contributed by atoms with Crippen molar-refractivity contribution in [2.24, 2.45) is 0 Å². The van der Waals surface area contributed by atoms with Gasteiger partial charge in [-0.05, 0) is 25.3 Å². The summed E-state index contributed by atoms with van der Waals surface area (Å²) in [5, 5.41) is 2.82. The molecule has 0 unspecified atom stereocenters. The summed E-state index contributed by atoms with van der Waals surface area (Å²) < 4.78 is 24.5. The van der Waals surface area contributed by atoms with Crippen LogP contribution in [0.3, 0.4) is 0 Å². The highest BCUT2D eigenvalue weighted by atomic mass is 35.7. The Bertz CT molecular complexity index is 591. The maximum absolute atomic E-state index is 12.1. The molecule has 0 atom stereocenters. The maximum atomic E-state index is 12.1. The van der Waals surface area contributed by atoms with E-state index in [4.69, 9.17) is 10.7 Å². The highest BCUT2D eigenvalue weighted by molar-refractivity contribution is 8.13. The van der Waals surface area contributed by atoms with E-state index in [-0.39, 0.29) is 16.8 Å². The molecule has 1 aromatic heterocycles. The summed E-state index contributed by atoms with van der Waals surface area (Å²) in [5.41, 5.74) is 0.378. The first-order valence-electron chi connectivity index (χ1n) is 6.88. The van der Waals surface area contributed by atoms with Crippen LogP contribution in [0, 0.1) is 0 Å². The third-order valence-electron chi connectivity index (χ3n) is 3.34. The molecule has 7 heteroatoms. The predicted molar refractivity (Wildman–Crippen MR) is 77.6 cm³/mol. The molecule has 0 spiro atoms. The zero-order valence-electron chi connectivity index (χ0n) is 11.4. The predicted octanol–water partition coefficient (Wildman–Crippen LogP) is 2.67. The van der Waals surface area contributed by atoms with Crippen molar-refractivity contribution in [3.05, 3.63) is 18.0 Å². The molecule has 1 amide bonds. The van der Waals surface area contributed by atoms with E-state index in [2.05, 4.69) is 12.2 Å². The summed E-state index contributed by atoms with van der Waals surface area (Å²) in [4.78, 5) is 12.1. The Hall–Kier alpha value is -1.01. The third-order valence-corrected chi connectivity index (χ3v) is 4.66. The smallest absolute Gasteiger partial charge is 0.267 e. The lowest BCUT2D eigenvalue weighted by molar-refractivity contribution is 0.0943. The molecule has 1 N–H and O–H groups in total. The van der Waals surface area contributed by atoms with Gasteiger partial charge in [0.05, 0.1) is 0 Å². The van der Waals surface area contributed by atoms with E-state index in [1.54, 1.807) is 4.57 Å². The number of halogens is 1. The number of unbranched alkanes of at least 4 members (excludes halogenated alkanes) is 2. The summed E-state index contributed by atoms with van der Waals surface area (Å²) in [6, 6.07) is 1.58. The van der Waals surface area contributed by atoms with Gasteiger partial charge in [-0.25, -0.2) is 8.42 Å². The van der Waals surface area contributed by atoms with Gasteiger partial charge in [0, 0.05) is 29.5 Å². The van der Waals surface area contributed by atoms with Crippen LogP contribution in [-0.4, -0.2) is 25.4 Å². The minimum Gasteiger partial charge on any atom is -0.351 e. The molecule has 1 aliphatic carbocycles. The number of rotatable bonds is 7. The van der Waals surface area contributed by atoms with E-state index >= 15 is 0 Å². The third kappa shape index (κ3) is 3.76. The van der Waals surface area contributed by atoms with Gasteiger partial charge < -0.3 is 9.88 Å². The van der Waals surface area contributed by atoms with Gasteiger partial charge in [-0.3, -0.25) is 4.79 Å². The summed E-state index contributed by atoms with van der Waals surface area (Å²) in [6.07, 6.45) is 6.46. The Kier molecular flexibility index (Phi) is 4.75. The van der Waals surface area contributed by atoms with Gasteiger partial charge in [0.15, 0.2) is 0 Å². The van der Waals surface area contributed by atoms with Crippen molar-refractivity contribution in [1.29, 1.82) is 0 Å². The number of amides is 1. The van der Waals surface area contributed by atoms with Crippen LogP contribution in [0.1, 0.15) is 55.6 Å². The fourth-order valence-corrected chi connectivity index (χ4v) is 2.84. The lowest BCUT2D eigenvalue weighted by atomic mass is 10.2. The van der Waals surface area contributed by atoms with Crippen LogP contribution in [0.2, 0.25) is 0 Å². The number of hydrogen-bond acceptors (Lipinski definition) is 3. The van der Waals surface area contributed by atoms with Crippen LogP contribution in [-0.2, 0) is 9.05 Å². The average Bonchev–Trinajstić information content (AvgIpc) is 3.11. The van der Waals surface area contributed by atoms with Gasteiger partial charge in [-0.1, -0.05) is 19.8 Å². The second-order valence-electron chi connectivity index (χ2n) is 5.10. The highest BCUT2D eigenvalue weighted by Crippen LogP contribution is 2.37. The van der Waals surface area contributed by atoms with Crippen LogP contribution in [0.25, 0.3) is 0 Å². The Labute approximate surface area is 123 Å². The Balaban J connectivity index is 2.13. The molecule has 1 aromatic rings. The molecule has 20 heavy (non-hydrogen) atoms. The molecule has 0 saturated heterocycles. The van der Waals surface area contributed by atoms with Gasteiger partial charge in [0.2, 0.25) is 0 Å². The van der Waals surface area contributed by atoms with Crippen molar-refractivity contribution in [2.75, 3.05) is 6.54 Å². The summed E-state index contributed by atoms with van der Waals surface area (Å²) in [6.45, 7) is 2.70. The van der Waals surface area contributed by atoms with Crippen LogP contribution in [0.4, 0.5) is 0 Å². The van der Waals surface area contributed by atoms with Gasteiger partial charge in [0.1, 0.15) is 10.6 Å². The zero-order valence-corrected chi connectivity index (χ0v) is 13.0. The van der Waals surface area contributed by atoms with Gasteiger partial charge >= 0.3 is 0 Å². The van der Waals surface area contributed by atoms with Gasteiger partial charge in [-0.2, -0.15) is 0 Å². The van der Waals surface area contributed by atoms with Crippen LogP contribution in [0.15, 0.2) is 17.2 Å². The van der Waals surface area contributed by atoms with Crippen LogP contribution < -0.4 is 5.32 Å².